The molecule has 23 heavy (non-hydrogen) atoms. The number of nitrogens with one attached hydrogen (secondary N) is 2. The first-order valence-corrected chi connectivity index (χ1v) is 9.63. The van der Waals surface area contributed by atoms with E-state index in [0.29, 0.717) is 17.3 Å². The van der Waals surface area contributed by atoms with Crippen molar-refractivity contribution in [2.45, 2.75) is 64.3 Å². The molecule has 0 bridgehead atoms. The maximum atomic E-state index is 12.8. The Hall–Kier alpha value is -1.34. The zero-order valence-corrected chi connectivity index (χ0v) is 15.0. The molecule has 1 saturated carbocycles. The van der Waals surface area contributed by atoms with Crippen LogP contribution in [-0.2, 0) is 14.8 Å². The van der Waals surface area contributed by atoms with Crippen LogP contribution in [0.25, 0.3) is 0 Å². The number of rotatable bonds is 5. The predicted molar refractivity (Wildman–Crippen MR) is 88.0 cm³/mol. The van der Waals surface area contributed by atoms with Crippen LogP contribution in [0.5, 0.6) is 0 Å². The van der Waals surface area contributed by atoms with Crippen molar-refractivity contribution in [3.05, 3.63) is 17.0 Å². The summed E-state index contributed by atoms with van der Waals surface area (Å²) in [5.41, 5.74) is 1.09. The minimum Gasteiger partial charge on any atom is -0.462 e. The van der Waals surface area contributed by atoms with E-state index in [2.05, 4.69) is 16.6 Å². The molecule has 0 atom stereocenters. The Morgan fingerprint density at radius 1 is 1.22 bits per heavy atom. The number of ether oxygens (including phenoxy) is 1. The molecule has 0 aliphatic heterocycles. The summed E-state index contributed by atoms with van der Waals surface area (Å²) in [7, 11) is -3.76. The largest absolute Gasteiger partial charge is 0.462 e. The van der Waals surface area contributed by atoms with Crippen LogP contribution < -0.4 is 4.72 Å². The standard InChI is InChI=1S/C16H26N2O4S/c1-5-22-16(19)14-11(3)17-12(4)15(14)23(20,21)18-13-8-6-10(2)7-9-13/h10,13,17-18H,5-9H2,1-4H3. The lowest BCUT2D eigenvalue weighted by atomic mass is 9.88. The van der Waals surface area contributed by atoms with Gasteiger partial charge < -0.3 is 9.72 Å². The van der Waals surface area contributed by atoms with Crippen LogP contribution in [0.15, 0.2) is 4.90 Å². The molecule has 7 heteroatoms. The third-order valence-corrected chi connectivity index (χ3v) is 6.10. The summed E-state index contributed by atoms with van der Waals surface area (Å²) in [6.45, 7) is 7.43. The minimum atomic E-state index is -3.76. The van der Waals surface area contributed by atoms with Gasteiger partial charge in [-0.1, -0.05) is 6.92 Å². The molecule has 0 radical (unpaired) electrons. The molecule has 0 unspecified atom stereocenters. The highest BCUT2D eigenvalue weighted by molar-refractivity contribution is 7.89. The monoisotopic (exact) mass is 342 g/mol. The normalized spacial score (nSPS) is 22.1. The van der Waals surface area contributed by atoms with E-state index in [9.17, 15) is 13.2 Å². The molecule has 0 amide bonds. The van der Waals surface area contributed by atoms with E-state index >= 15 is 0 Å². The predicted octanol–water partition coefficient (Wildman–Crippen LogP) is 2.67. The number of H-pyrrole nitrogens is 1. The zero-order chi connectivity index (χ0) is 17.2. The van der Waals surface area contributed by atoms with E-state index in [1.165, 1.54) is 0 Å². The number of aryl methyl sites for hydroxylation is 2. The molecule has 1 aliphatic rings. The molecule has 6 nitrogen and oxygen atoms in total. The minimum absolute atomic E-state index is 0.0204. The van der Waals surface area contributed by atoms with Gasteiger partial charge in [0.2, 0.25) is 10.0 Å². The third kappa shape index (κ3) is 3.95. The molecule has 0 spiro atoms. The van der Waals surface area contributed by atoms with Crippen LogP contribution in [0.4, 0.5) is 0 Å². The summed E-state index contributed by atoms with van der Waals surface area (Å²) in [5.74, 6) is 0.0362. The molecule has 130 valence electrons. The highest BCUT2D eigenvalue weighted by Crippen LogP contribution is 2.28. The summed E-state index contributed by atoms with van der Waals surface area (Å²) in [5, 5.41) is 0. The van der Waals surface area contributed by atoms with E-state index in [1.54, 1.807) is 20.8 Å². The number of carbonyl (C=O) groups excluding carboxylic acids is 1. The Morgan fingerprint density at radius 3 is 2.39 bits per heavy atom. The molecule has 1 aliphatic carbocycles. The Morgan fingerprint density at radius 2 is 1.83 bits per heavy atom. The van der Waals surface area contributed by atoms with Gasteiger partial charge in [-0.2, -0.15) is 0 Å². The number of aromatic nitrogens is 1. The van der Waals surface area contributed by atoms with Crippen LogP contribution in [0.2, 0.25) is 0 Å². The number of aromatic amines is 1. The molecule has 1 aromatic heterocycles. The second kappa shape index (κ2) is 7.05. The average Bonchev–Trinajstić information content (AvgIpc) is 2.77. The lowest BCUT2D eigenvalue weighted by Gasteiger charge is -2.26. The van der Waals surface area contributed by atoms with E-state index in [0.717, 1.165) is 25.7 Å². The summed E-state index contributed by atoms with van der Waals surface area (Å²) in [4.78, 5) is 15.1. The van der Waals surface area contributed by atoms with Crippen LogP contribution in [0.3, 0.4) is 0 Å². The fraction of sp³-hybridized carbons (Fsp3) is 0.688. The molecular formula is C16H26N2O4S. The van der Waals surface area contributed by atoms with Gasteiger partial charge in [0, 0.05) is 17.4 Å². The summed E-state index contributed by atoms with van der Waals surface area (Å²) in [6.07, 6.45) is 3.70. The van der Waals surface area contributed by atoms with E-state index in [1.807, 2.05) is 0 Å². The van der Waals surface area contributed by atoms with Crippen molar-refractivity contribution in [3.8, 4) is 0 Å². The highest BCUT2D eigenvalue weighted by atomic mass is 32.2. The van der Waals surface area contributed by atoms with Crippen molar-refractivity contribution in [1.29, 1.82) is 0 Å². The smallest absolute Gasteiger partial charge is 0.341 e. The van der Waals surface area contributed by atoms with Crippen molar-refractivity contribution in [2.24, 2.45) is 5.92 Å². The quantitative estimate of drug-likeness (QED) is 0.805. The lowest BCUT2D eigenvalue weighted by Crippen LogP contribution is -2.38. The maximum absolute atomic E-state index is 12.8. The summed E-state index contributed by atoms with van der Waals surface area (Å²) < 4.78 is 33.4. The van der Waals surface area contributed by atoms with Crippen LogP contribution in [0, 0.1) is 19.8 Å². The Labute approximate surface area is 138 Å². The van der Waals surface area contributed by atoms with Crippen LogP contribution in [-0.4, -0.2) is 32.0 Å². The van der Waals surface area contributed by atoms with Gasteiger partial charge in [-0.25, -0.2) is 17.9 Å². The van der Waals surface area contributed by atoms with Gasteiger partial charge in [0.15, 0.2) is 0 Å². The zero-order valence-electron chi connectivity index (χ0n) is 14.2. The van der Waals surface area contributed by atoms with Gasteiger partial charge in [0.1, 0.15) is 10.5 Å². The topological polar surface area (TPSA) is 88.3 Å². The van der Waals surface area contributed by atoms with E-state index in [-0.39, 0.29) is 23.1 Å². The summed E-state index contributed by atoms with van der Waals surface area (Å²) in [6, 6.07) is -0.0687. The van der Waals surface area contributed by atoms with Gasteiger partial charge in [-0.3, -0.25) is 0 Å². The third-order valence-electron chi connectivity index (χ3n) is 4.40. The van der Waals surface area contributed by atoms with Crippen molar-refractivity contribution < 1.29 is 17.9 Å². The summed E-state index contributed by atoms with van der Waals surface area (Å²) >= 11 is 0. The van der Waals surface area contributed by atoms with Crippen LogP contribution in [0.1, 0.15) is 61.3 Å². The molecule has 1 heterocycles. The first kappa shape index (κ1) is 18.0. The second-order valence-electron chi connectivity index (χ2n) is 6.38. The fourth-order valence-corrected chi connectivity index (χ4v) is 4.95. The van der Waals surface area contributed by atoms with Crippen LogP contribution >= 0.6 is 0 Å². The van der Waals surface area contributed by atoms with Gasteiger partial charge >= 0.3 is 5.97 Å². The van der Waals surface area contributed by atoms with Gasteiger partial charge in [-0.05, 0) is 52.4 Å². The van der Waals surface area contributed by atoms with Crippen molar-refractivity contribution in [2.75, 3.05) is 6.61 Å². The Kier molecular flexibility index (Phi) is 5.52. The first-order valence-electron chi connectivity index (χ1n) is 8.14. The molecule has 0 aromatic carbocycles. The molecular weight excluding hydrogens is 316 g/mol. The Balaban J connectivity index is 2.30. The SMILES string of the molecule is CCOC(=O)c1c(C)[nH]c(C)c1S(=O)(=O)NC1CCC(C)CC1. The number of esters is 1. The van der Waals surface area contributed by atoms with Gasteiger partial charge in [-0.15, -0.1) is 0 Å². The first-order chi connectivity index (χ1) is 10.8. The number of hydrogen-bond donors (Lipinski definition) is 2. The van der Waals surface area contributed by atoms with Gasteiger partial charge in [0.05, 0.1) is 6.61 Å². The van der Waals surface area contributed by atoms with Crippen molar-refractivity contribution >= 4 is 16.0 Å². The second-order valence-corrected chi connectivity index (χ2v) is 8.03. The molecule has 2 rings (SSSR count). The lowest BCUT2D eigenvalue weighted by molar-refractivity contribution is 0.0521. The number of hydrogen-bond acceptors (Lipinski definition) is 4. The van der Waals surface area contributed by atoms with Crippen molar-refractivity contribution in [1.82, 2.24) is 9.71 Å². The highest BCUT2D eigenvalue weighted by Gasteiger charge is 2.32. The van der Waals surface area contributed by atoms with Gasteiger partial charge in [0.25, 0.3) is 0 Å². The van der Waals surface area contributed by atoms with E-state index < -0.39 is 16.0 Å². The molecule has 1 fully saturated rings. The number of carbonyl (C=O) groups is 1. The molecule has 2 N–H and O–H groups in total. The maximum Gasteiger partial charge on any atom is 0.341 e. The average molecular weight is 342 g/mol. The number of sulfonamides is 1. The fourth-order valence-electron chi connectivity index (χ4n) is 3.20. The molecule has 0 saturated heterocycles. The Bertz CT molecular complexity index is 670. The molecule has 1 aromatic rings. The van der Waals surface area contributed by atoms with E-state index in [4.69, 9.17) is 4.74 Å². The van der Waals surface area contributed by atoms with Crippen molar-refractivity contribution in [3.63, 3.8) is 0 Å².